The molecule has 0 aliphatic heterocycles. The summed E-state index contributed by atoms with van der Waals surface area (Å²) in [4.78, 5) is 10.2. The largest absolute Gasteiger partial charge is 0.481 e. The normalized spacial score (nSPS) is 10.2. The predicted molar refractivity (Wildman–Crippen MR) is 44.2 cm³/mol. The maximum absolute atomic E-state index is 10.2. The number of aliphatic carboxylic acids is 1. The molecular weight excluding hydrogens is 172 g/mol. The highest BCUT2D eigenvalue weighted by atomic mass is 16.4. The van der Waals surface area contributed by atoms with Crippen LogP contribution in [0.15, 0.2) is 4.42 Å². The van der Waals surface area contributed by atoms with Gasteiger partial charge in [0.05, 0.1) is 6.42 Å². The lowest BCUT2D eigenvalue weighted by molar-refractivity contribution is -0.137. The molecule has 0 aliphatic rings. The molecule has 0 spiro atoms. The number of hydrogen-bond donors (Lipinski definition) is 1. The van der Waals surface area contributed by atoms with E-state index in [1.54, 1.807) is 0 Å². The van der Waals surface area contributed by atoms with E-state index in [4.69, 9.17) is 9.52 Å². The average Bonchev–Trinajstić information content (AvgIpc) is 2.50. The molecule has 0 amide bonds. The first-order valence-corrected chi connectivity index (χ1v) is 4.25. The van der Waals surface area contributed by atoms with Gasteiger partial charge in [-0.2, -0.15) is 0 Å². The second-order valence-electron chi connectivity index (χ2n) is 2.73. The number of aromatic nitrogens is 2. The van der Waals surface area contributed by atoms with Crippen molar-refractivity contribution in [1.29, 1.82) is 0 Å². The summed E-state index contributed by atoms with van der Waals surface area (Å²) in [6.45, 7) is 2.02. The van der Waals surface area contributed by atoms with Gasteiger partial charge in [0.25, 0.3) is 0 Å². The minimum atomic E-state index is -0.852. The summed E-state index contributed by atoms with van der Waals surface area (Å²) in [7, 11) is 0. The van der Waals surface area contributed by atoms with Crippen LogP contribution in [0.25, 0.3) is 0 Å². The number of nitrogens with zero attached hydrogens (tertiary/aromatic N) is 2. The molecule has 5 heteroatoms. The van der Waals surface area contributed by atoms with Crippen molar-refractivity contribution in [2.75, 3.05) is 0 Å². The van der Waals surface area contributed by atoms with Gasteiger partial charge in [0.2, 0.25) is 11.8 Å². The van der Waals surface area contributed by atoms with Crippen LogP contribution in [0, 0.1) is 0 Å². The number of rotatable bonds is 5. The van der Waals surface area contributed by atoms with Crippen LogP contribution in [0.3, 0.4) is 0 Å². The zero-order valence-corrected chi connectivity index (χ0v) is 7.49. The van der Waals surface area contributed by atoms with E-state index in [1.807, 2.05) is 6.92 Å². The van der Waals surface area contributed by atoms with Crippen molar-refractivity contribution in [3.63, 3.8) is 0 Å². The molecule has 0 saturated heterocycles. The lowest BCUT2D eigenvalue weighted by Crippen LogP contribution is -1.97. The standard InChI is InChI=1S/C8H12N2O3/c1-2-3-6-9-10-7(13-6)4-5-8(11)12/h2-5H2,1H3,(H,11,12). The van der Waals surface area contributed by atoms with Gasteiger partial charge in [-0.15, -0.1) is 10.2 Å². The van der Waals surface area contributed by atoms with Crippen LogP contribution in [0.4, 0.5) is 0 Å². The van der Waals surface area contributed by atoms with Gasteiger partial charge in [-0.1, -0.05) is 6.92 Å². The Morgan fingerprint density at radius 1 is 1.38 bits per heavy atom. The number of carboxylic acids is 1. The molecule has 0 saturated carbocycles. The third-order valence-corrected chi connectivity index (χ3v) is 1.53. The first-order chi connectivity index (χ1) is 6.22. The summed E-state index contributed by atoms with van der Waals surface area (Å²) in [6, 6.07) is 0. The van der Waals surface area contributed by atoms with Crippen molar-refractivity contribution in [3.8, 4) is 0 Å². The Balaban J connectivity index is 2.44. The fourth-order valence-electron chi connectivity index (χ4n) is 0.918. The van der Waals surface area contributed by atoms with Crippen LogP contribution >= 0.6 is 0 Å². The maximum atomic E-state index is 10.2. The minimum absolute atomic E-state index is 0.0355. The van der Waals surface area contributed by atoms with Crippen LogP contribution in [-0.2, 0) is 17.6 Å². The van der Waals surface area contributed by atoms with Crippen molar-refractivity contribution in [1.82, 2.24) is 10.2 Å². The molecule has 0 fully saturated rings. The first-order valence-electron chi connectivity index (χ1n) is 4.25. The quantitative estimate of drug-likeness (QED) is 0.739. The highest BCUT2D eigenvalue weighted by Gasteiger charge is 2.06. The Labute approximate surface area is 75.8 Å². The van der Waals surface area contributed by atoms with Crippen LogP contribution in [0.2, 0.25) is 0 Å². The molecule has 1 aromatic heterocycles. The van der Waals surface area contributed by atoms with E-state index >= 15 is 0 Å². The Hall–Kier alpha value is -1.39. The Kier molecular flexibility index (Phi) is 3.42. The second kappa shape index (κ2) is 4.59. The SMILES string of the molecule is CCCc1nnc(CCC(=O)O)o1. The molecule has 1 aromatic rings. The van der Waals surface area contributed by atoms with E-state index < -0.39 is 5.97 Å². The van der Waals surface area contributed by atoms with Gasteiger partial charge in [-0.25, -0.2) is 0 Å². The summed E-state index contributed by atoms with van der Waals surface area (Å²) in [5, 5.41) is 15.9. The summed E-state index contributed by atoms with van der Waals surface area (Å²) in [5.41, 5.74) is 0. The first kappa shape index (κ1) is 9.70. The van der Waals surface area contributed by atoms with Gasteiger partial charge in [0.1, 0.15) is 0 Å². The van der Waals surface area contributed by atoms with Gasteiger partial charge in [0.15, 0.2) is 0 Å². The van der Waals surface area contributed by atoms with Gasteiger partial charge in [0, 0.05) is 12.8 Å². The van der Waals surface area contributed by atoms with E-state index in [1.165, 1.54) is 0 Å². The lowest BCUT2D eigenvalue weighted by Gasteiger charge is -1.89. The smallest absolute Gasteiger partial charge is 0.303 e. The van der Waals surface area contributed by atoms with E-state index in [0.717, 1.165) is 12.8 Å². The van der Waals surface area contributed by atoms with Gasteiger partial charge in [-0.3, -0.25) is 4.79 Å². The molecule has 1 rings (SSSR count). The Morgan fingerprint density at radius 2 is 2.00 bits per heavy atom. The van der Waals surface area contributed by atoms with E-state index in [-0.39, 0.29) is 6.42 Å². The van der Waals surface area contributed by atoms with Crippen LogP contribution in [-0.4, -0.2) is 21.3 Å². The minimum Gasteiger partial charge on any atom is -0.481 e. The molecule has 0 bridgehead atoms. The van der Waals surface area contributed by atoms with Crippen molar-refractivity contribution < 1.29 is 14.3 Å². The number of hydrogen-bond acceptors (Lipinski definition) is 4. The predicted octanol–water partition coefficient (Wildman–Crippen LogP) is 1.04. The third-order valence-electron chi connectivity index (χ3n) is 1.53. The number of carboxylic acid groups (broad SMARTS) is 1. The molecule has 0 radical (unpaired) electrons. The lowest BCUT2D eigenvalue weighted by atomic mass is 10.3. The topological polar surface area (TPSA) is 76.2 Å². The molecule has 0 unspecified atom stereocenters. The molecule has 1 N–H and O–H groups in total. The van der Waals surface area contributed by atoms with Crippen molar-refractivity contribution in [3.05, 3.63) is 11.8 Å². The van der Waals surface area contributed by atoms with E-state index in [0.29, 0.717) is 18.2 Å². The van der Waals surface area contributed by atoms with Crippen molar-refractivity contribution in [2.45, 2.75) is 32.6 Å². The molecule has 13 heavy (non-hydrogen) atoms. The summed E-state index contributed by atoms with van der Waals surface area (Å²) in [5.74, 6) is 0.143. The highest BCUT2D eigenvalue weighted by molar-refractivity contribution is 5.66. The molecule has 0 aliphatic carbocycles. The molecule has 1 heterocycles. The van der Waals surface area contributed by atoms with Crippen molar-refractivity contribution >= 4 is 5.97 Å². The molecule has 72 valence electrons. The zero-order chi connectivity index (χ0) is 9.68. The highest BCUT2D eigenvalue weighted by Crippen LogP contribution is 2.04. The van der Waals surface area contributed by atoms with Crippen LogP contribution in [0.5, 0.6) is 0 Å². The molecule has 5 nitrogen and oxygen atoms in total. The summed E-state index contributed by atoms with van der Waals surface area (Å²) < 4.78 is 5.19. The van der Waals surface area contributed by atoms with E-state index in [2.05, 4.69) is 10.2 Å². The second-order valence-corrected chi connectivity index (χ2v) is 2.73. The average molecular weight is 184 g/mol. The number of aryl methyl sites for hydroxylation is 2. The Bertz CT molecular complexity index is 283. The van der Waals surface area contributed by atoms with Crippen LogP contribution < -0.4 is 0 Å². The summed E-state index contributed by atoms with van der Waals surface area (Å²) in [6.07, 6.45) is 2.04. The van der Waals surface area contributed by atoms with Crippen LogP contribution in [0.1, 0.15) is 31.5 Å². The van der Waals surface area contributed by atoms with Gasteiger partial charge < -0.3 is 9.52 Å². The van der Waals surface area contributed by atoms with Gasteiger partial charge >= 0.3 is 5.97 Å². The Morgan fingerprint density at radius 3 is 2.54 bits per heavy atom. The number of carbonyl (C=O) groups is 1. The van der Waals surface area contributed by atoms with Crippen molar-refractivity contribution in [2.24, 2.45) is 0 Å². The molecule has 0 aromatic carbocycles. The maximum Gasteiger partial charge on any atom is 0.303 e. The fourth-order valence-corrected chi connectivity index (χ4v) is 0.918. The summed E-state index contributed by atoms with van der Waals surface area (Å²) >= 11 is 0. The third kappa shape index (κ3) is 3.23. The fraction of sp³-hybridized carbons (Fsp3) is 0.625. The van der Waals surface area contributed by atoms with Gasteiger partial charge in [-0.05, 0) is 6.42 Å². The monoisotopic (exact) mass is 184 g/mol. The molecule has 0 atom stereocenters. The molecular formula is C8H12N2O3. The van der Waals surface area contributed by atoms with E-state index in [9.17, 15) is 4.79 Å². The zero-order valence-electron chi connectivity index (χ0n) is 7.49.